The average molecular weight is 563 g/mol. The highest BCUT2D eigenvalue weighted by Gasteiger charge is 2.24. The van der Waals surface area contributed by atoms with Crippen molar-refractivity contribution in [3.8, 4) is 0 Å². The lowest BCUT2D eigenvalue weighted by Gasteiger charge is -2.23. The number of carbonyl (C=O) groups excluding carboxylic acids is 5. The Morgan fingerprint density at radius 1 is 0.950 bits per heavy atom. The van der Waals surface area contributed by atoms with Gasteiger partial charge in [0.25, 0.3) is 0 Å². The van der Waals surface area contributed by atoms with Gasteiger partial charge >= 0.3 is 12.1 Å². The summed E-state index contributed by atoms with van der Waals surface area (Å²) >= 11 is 0. The second kappa shape index (κ2) is 17.5. The number of hydrogen-bond acceptors (Lipinski definition) is 9. The molecule has 6 N–H and O–H groups in total. The van der Waals surface area contributed by atoms with E-state index in [0.717, 1.165) is 5.57 Å². The summed E-state index contributed by atoms with van der Waals surface area (Å²) < 4.78 is 10.1. The van der Waals surface area contributed by atoms with Gasteiger partial charge in [0.2, 0.25) is 17.7 Å². The molecule has 0 aromatic heterocycles. The van der Waals surface area contributed by atoms with Gasteiger partial charge in [-0.15, -0.1) is 0 Å². The Balaban J connectivity index is 2.44. The Morgan fingerprint density at radius 2 is 1.60 bits per heavy atom. The van der Waals surface area contributed by atoms with Crippen molar-refractivity contribution in [1.29, 1.82) is 0 Å². The van der Waals surface area contributed by atoms with Gasteiger partial charge in [-0.2, -0.15) is 0 Å². The fourth-order valence-corrected chi connectivity index (χ4v) is 3.14. The van der Waals surface area contributed by atoms with Gasteiger partial charge in [-0.05, 0) is 37.5 Å². The van der Waals surface area contributed by atoms with Crippen molar-refractivity contribution in [3.63, 3.8) is 0 Å². The van der Waals surface area contributed by atoms with E-state index in [1.807, 2.05) is 13.8 Å². The zero-order valence-electron chi connectivity index (χ0n) is 24.0. The summed E-state index contributed by atoms with van der Waals surface area (Å²) in [5, 5.41) is 11.6. The molecule has 0 aliphatic carbocycles. The second-order valence-electron chi connectivity index (χ2n) is 9.96. The molecule has 0 aliphatic heterocycles. The predicted molar refractivity (Wildman–Crippen MR) is 149 cm³/mol. The number of allylic oxidation sites excluding steroid dienone is 1. The first-order valence-electron chi connectivity index (χ1n) is 13.0. The third-order valence-electron chi connectivity index (χ3n) is 5.13. The van der Waals surface area contributed by atoms with E-state index in [0.29, 0.717) is 11.3 Å². The van der Waals surface area contributed by atoms with Crippen LogP contribution in [-0.4, -0.2) is 67.1 Å². The van der Waals surface area contributed by atoms with Crippen LogP contribution in [0.4, 0.5) is 10.5 Å². The van der Waals surface area contributed by atoms with Crippen molar-refractivity contribution >= 4 is 35.5 Å². The van der Waals surface area contributed by atoms with Crippen LogP contribution in [-0.2, 0) is 35.3 Å². The molecule has 13 nitrogen and oxygen atoms in total. The number of nitrogens with two attached hydrogens (primary N) is 1. The number of carbonyl (C=O) groups is 5. The van der Waals surface area contributed by atoms with E-state index >= 15 is 0 Å². The zero-order valence-corrected chi connectivity index (χ0v) is 24.0. The van der Waals surface area contributed by atoms with Crippen LogP contribution in [0.15, 0.2) is 36.0 Å². The number of ether oxygens (including phenoxy) is 2. The van der Waals surface area contributed by atoms with E-state index in [2.05, 4.69) is 21.3 Å². The lowest BCUT2D eigenvalue weighted by molar-refractivity contribution is -0.147. The van der Waals surface area contributed by atoms with Crippen molar-refractivity contribution in [2.45, 2.75) is 54.2 Å². The van der Waals surface area contributed by atoms with E-state index in [9.17, 15) is 24.0 Å². The molecule has 1 atom stereocenters. The maximum absolute atomic E-state index is 12.6. The van der Waals surface area contributed by atoms with Crippen molar-refractivity contribution in [2.24, 2.45) is 17.7 Å². The summed E-state index contributed by atoms with van der Waals surface area (Å²) in [6, 6.07) is 5.76. The summed E-state index contributed by atoms with van der Waals surface area (Å²) in [4.78, 5) is 60.4. The number of nitrogens with one attached hydrogen (secondary N) is 4. The van der Waals surface area contributed by atoms with Crippen molar-refractivity contribution in [3.05, 3.63) is 41.6 Å². The minimum absolute atomic E-state index is 0.000461. The normalized spacial score (nSPS) is 11.2. The number of esters is 1. The van der Waals surface area contributed by atoms with Gasteiger partial charge < -0.3 is 35.7 Å². The van der Waals surface area contributed by atoms with Crippen LogP contribution in [0.3, 0.4) is 0 Å². The molecule has 40 heavy (non-hydrogen) atoms. The van der Waals surface area contributed by atoms with E-state index < -0.39 is 29.9 Å². The molecule has 0 heterocycles. The van der Waals surface area contributed by atoms with Crippen molar-refractivity contribution in [1.82, 2.24) is 21.0 Å². The van der Waals surface area contributed by atoms with Crippen LogP contribution in [0.2, 0.25) is 0 Å². The monoisotopic (exact) mass is 562 g/mol. The number of nitrogens with zero attached hydrogens (tertiary/aromatic N) is 1. The van der Waals surface area contributed by atoms with Gasteiger partial charge in [0.05, 0.1) is 19.0 Å². The van der Waals surface area contributed by atoms with E-state index in [4.69, 9.17) is 15.3 Å². The number of amides is 4. The van der Waals surface area contributed by atoms with Crippen LogP contribution in [0.25, 0.3) is 0 Å². The van der Waals surface area contributed by atoms with Crippen molar-refractivity contribution < 1.29 is 33.4 Å². The number of alkyl carbamates (subject to hydrolysis) is 1. The molecule has 0 fully saturated rings. The Morgan fingerprint density at radius 3 is 2.17 bits per heavy atom. The molecule has 13 heteroatoms. The van der Waals surface area contributed by atoms with Gasteiger partial charge in [-0.3, -0.25) is 19.2 Å². The summed E-state index contributed by atoms with van der Waals surface area (Å²) in [7, 11) is 0. The molecular formula is C27H42N6O7. The smallest absolute Gasteiger partial charge is 0.407 e. The molecule has 1 aromatic carbocycles. The summed E-state index contributed by atoms with van der Waals surface area (Å²) in [6.07, 6.45) is 0.959. The molecule has 0 saturated carbocycles. The number of rotatable bonds is 15. The van der Waals surface area contributed by atoms with Crippen LogP contribution >= 0.6 is 0 Å². The quantitative estimate of drug-likeness (QED) is 0.0913. The summed E-state index contributed by atoms with van der Waals surface area (Å²) in [5.41, 5.74) is 2.09. The van der Waals surface area contributed by atoms with Gasteiger partial charge in [0.1, 0.15) is 25.8 Å². The molecule has 1 rings (SSSR count). The minimum Gasteiger partial charge on any atom is -0.464 e. The Kier molecular flexibility index (Phi) is 14.8. The molecule has 1 aromatic rings. The lowest BCUT2D eigenvalue weighted by atomic mass is 10.0. The maximum atomic E-state index is 12.6. The number of hydrazine groups is 1. The highest BCUT2D eigenvalue weighted by Crippen LogP contribution is 2.10. The van der Waals surface area contributed by atoms with Crippen LogP contribution in [0.5, 0.6) is 0 Å². The van der Waals surface area contributed by atoms with Crippen LogP contribution in [0, 0.1) is 11.8 Å². The van der Waals surface area contributed by atoms with Crippen LogP contribution in [0.1, 0.15) is 47.1 Å². The summed E-state index contributed by atoms with van der Waals surface area (Å²) in [5.74, 6) is 3.58. The Hall–Kier alpha value is -4.13. The minimum atomic E-state index is -0.841. The standard InChI is InChI=1S/C27H42N6O7/c1-17(2)14-33(28)15-23(35)32-24(18(3)4)25(36)30-13-22(34)31-21-9-7-20(8-10-21)16-40-27(38)29-11-12-39-26(37)19(5)6/h7-10,14,18-19,24H,11-13,15-16,28H2,1-6H3,(H,29,38)(H,30,36)(H,31,34)(H,32,35). The van der Waals surface area contributed by atoms with Gasteiger partial charge in [0, 0.05) is 11.9 Å². The fourth-order valence-electron chi connectivity index (χ4n) is 3.14. The number of hydrogen-bond donors (Lipinski definition) is 5. The molecule has 0 spiro atoms. The van der Waals surface area contributed by atoms with Gasteiger partial charge in [-0.25, -0.2) is 10.6 Å². The first kappa shape index (κ1) is 33.9. The van der Waals surface area contributed by atoms with Crippen LogP contribution < -0.4 is 27.1 Å². The van der Waals surface area contributed by atoms with Crippen molar-refractivity contribution in [2.75, 3.05) is 31.6 Å². The highest BCUT2D eigenvalue weighted by molar-refractivity contribution is 5.96. The third-order valence-corrected chi connectivity index (χ3v) is 5.13. The second-order valence-corrected chi connectivity index (χ2v) is 9.96. The third kappa shape index (κ3) is 14.1. The first-order chi connectivity index (χ1) is 18.8. The molecule has 1 unspecified atom stereocenters. The SMILES string of the molecule is CC(C)=CN(N)CC(=O)NC(C(=O)NCC(=O)Nc1ccc(COC(=O)NCCOC(=O)C(C)C)cc1)C(C)C. The highest BCUT2D eigenvalue weighted by atomic mass is 16.6. The summed E-state index contributed by atoms with van der Waals surface area (Å²) in [6.45, 7) is 10.4. The molecular weight excluding hydrogens is 520 g/mol. The topological polar surface area (TPSA) is 181 Å². The van der Waals surface area contributed by atoms with Gasteiger partial charge in [0.15, 0.2) is 0 Å². The number of anilines is 1. The van der Waals surface area contributed by atoms with E-state index in [-0.39, 0.29) is 50.7 Å². The first-order valence-corrected chi connectivity index (χ1v) is 13.0. The molecule has 222 valence electrons. The molecule has 4 amide bonds. The fraction of sp³-hybridized carbons (Fsp3) is 0.519. The Bertz CT molecular complexity index is 1040. The largest absolute Gasteiger partial charge is 0.464 e. The zero-order chi connectivity index (χ0) is 30.2. The maximum Gasteiger partial charge on any atom is 0.407 e. The molecule has 0 aliphatic rings. The average Bonchev–Trinajstić information content (AvgIpc) is 2.87. The van der Waals surface area contributed by atoms with Gasteiger partial charge in [-0.1, -0.05) is 45.4 Å². The van der Waals surface area contributed by atoms with E-state index in [1.54, 1.807) is 58.2 Å². The molecule has 0 saturated heterocycles. The molecule has 0 radical (unpaired) electrons. The van der Waals surface area contributed by atoms with E-state index in [1.165, 1.54) is 5.01 Å². The molecule has 0 bridgehead atoms. The lowest BCUT2D eigenvalue weighted by Crippen LogP contribution is -2.53. The predicted octanol–water partition coefficient (Wildman–Crippen LogP) is 1.41. The number of benzene rings is 1. The Labute approximate surface area is 235 Å².